The fourth-order valence-corrected chi connectivity index (χ4v) is 3.89. The molecule has 0 spiro atoms. The zero-order valence-corrected chi connectivity index (χ0v) is 20.3. The highest BCUT2D eigenvalue weighted by molar-refractivity contribution is 5.78. The summed E-state index contributed by atoms with van der Waals surface area (Å²) in [5.74, 6) is 0.675. The summed E-state index contributed by atoms with van der Waals surface area (Å²) >= 11 is 0. The van der Waals surface area contributed by atoms with E-state index in [9.17, 15) is 14.3 Å². The van der Waals surface area contributed by atoms with Crippen molar-refractivity contribution in [2.75, 3.05) is 6.61 Å². The van der Waals surface area contributed by atoms with Gasteiger partial charge in [-0.2, -0.15) is 0 Å². The van der Waals surface area contributed by atoms with Crippen molar-refractivity contribution in [2.24, 2.45) is 0 Å². The Hall–Kier alpha value is -3.97. The van der Waals surface area contributed by atoms with E-state index in [2.05, 4.69) is 10.3 Å². The van der Waals surface area contributed by atoms with Crippen molar-refractivity contribution in [3.63, 3.8) is 0 Å². The predicted molar refractivity (Wildman–Crippen MR) is 135 cm³/mol. The van der Waals surface area contributed by atoms with E-state index in [1.165, 1.54) is 6.07 Å². The third kappa shape index (κ3) is 6.17. The molecule has 0 aliphatic carbocycles. The minimum absolute atomic E-state index is 0.115. The Morgan fingerprint density at radius 2 is 1.75 bits per heavy atom. The van der Waals surface area contributed by atoms with Crippen molar-refractivity contribution in [3.8, 4) is 17.2 Å². The molecule has 0 aliphatic heterocycles. The van der Waals surface area contributed by atoms with Crippen LogP contribution in [0, 0.1) is 12.7 Å². The van der Waals surface area contributed by atoms with Gasteiger partial charge in [0, 0.05) is 30.5 Å². The van der Waals surface area contributed by atoms with Gasteiger partial charge in [0.1, 0.15) is 22.9 Å². The zero-order chi connectivity index (χ0) is 25.5. The van der Waals surface area contributed by atoms with Crippen molar-refractivity contribution >= 4 is 5.97 Å². The van der Waals surface area contributed by atoms with Gasteiger partial charge in [-0.05, 0) is 49.7 Å². The molecule has 7 heteroatoms. The lowest BCUT2D eigenvalue weighted by atomic mass is 9.92. The van der Waals surface area contributed by atoms with Crippen molar-refractivity contribution in [2.45, 2.75) is 38.8 Å². The maximum Gasteiger partial charge on any atom is 0.323 e. The molecule has 6 nitrogen and oxygen atoms in total. The summed E-state index contributed by atoms with van der Waals surface area (Å²) in [4.78, 5) is 16.6. The summed E-state index contributed by atoms with van der Waals surface area (Å²) in [5.41, 5.74) is 1.77. The van der Waals surface area contributed by atoms with Gasteiger partial charge in [-0.15, -0.1) is 0 Å². The highest BCUT2D eigenvalue weighted by atomic mass is 19.1. The average Bonchev–Trinajstić information content (AvgIpc) is 3.25. The zero-order valence-electron chi connectivity index (χ0n) is 20.3. The van der Waals surface area contributed by atoms with E-state index in [1.54, 1.807) is 25.1 Å². The number of aliphatic carboxylic acids is 1. The van der Waals surface area contributed by atoms with Crippen molar-refractivity contribution in [1.29, 1.82) is 0 Å². The molecule has 36 heavy (non-hydrogen) atoms. The number of aromatic nitrogens is 1. The number of oxazole rings is 1. The lowest BCUT2D eigenvalue weighted by Gasteiger charge is -2.27. The topological polar surface area (TPSA) is 84.6 Å². The Morgan fingerprint density at radius 1 is 1.06 bits per heavy atom. The Kier molecular flexibility index (Phi) is 7.80. The van der Waals surface area contributed by atoms with Gasteiger partial charge in [0.05, 0.1) is 12.3 Å². The number of nitrogens with zero attached hydrogens (tertiary/aromatic N) is 1. The number of nitrogens with one attached hydrogen (secondary N) is 1. The molecular formula is C29H29FN2O4. The van der Waals surface area contributed by atoms with E-state index in [0.29, 0.717) is 30.2 Å². The second kappa shape index (κ2) is 11.2. The summed E-state index contributed by atoms with van der Waals surface area (Å²) in [6, 6.07) is 23.4. The van der Waals surface area contributed by atoms with E-state index < -0.39 is 11.5 Å². The molecule has 186 valence electrons. The maximum absolute atomic E-state index is 13.9. The molecule has 3 aromatic carbocycles. The largest absolute Gasteiger partial charge is 0.493 e. The number of aryl methyl sites for hydroxylation is 1. The summed E-state index contributed by atoms with van der Waals surface area (Å²) in [6.45, 7) is 4.04. The highest BCUT2D eigenvalue weighted by Gasteiger charge is 2.33. The van der Waals surface area contributed by atoms with Gasteiger partial charge in [-0.1, -0.05) is 48.5 Å². The first-order chi connectivity index (χ1) is 17.3. The number of hydrogen-bond acceptors (Lipinski definition) is 5. The number of carboxylic acid groups (broad SMARTS) is 1. The first-order valence-electron chi connectivity index (χ1n) is 11.8. The quantitative estimate of drug-likeness (QED) is 0.286. The van der Waals surface area contributed by atoms with Crippen LogP contribution < -0.4 is 10.1 Å². The van der Waals surface area contributed by atoms with Crippen LogP contribution in [0.3, 0.4) is 0 Å². The van der Waals surface area contributed by atoms with E-state index in [-0.39, 0.29) is 18.8 Å². The fraction of sp³-hybridized carbons (Fsp3) is 0.241. The van der Waals surface area contributed by atoms with Crippen LogP contribution in [-0.4, -0.2) is 28.2 Å². The van der Waals surface area contributed by atoms with Crippen LogP contribution >= 0.6 is 0 Å². The third-order valence-electron chi connectivity index (χ3n) is 6.10. The first-order valence-corrected chi connectivity index (χ1v) is 11.8. The van der Waals surface area contributed by atoms with Gasteiger partial charge in [0.25, 0.3) is 0 Å². The molecule has 2 N–H and O–H groups in total. The normalized spacial score (nSPS) is 12.8. The van der Waals surface area contributed by atoms with Crippen LogP contribution in [0.5, 0.6) is 5.75 Å². The first kappa shape index (κ1) is 25.1. The standard InChI is InChI=1S/C29H29FN2O4/c1-20-26(32-27(36-20)22-8-4-3-5-9-22)16-17-35-24-14-12-21(13-15-24)18-29(2,28(33)34)31-19-23-10-6-7-11-25(23)30/h3-15,31H,16-19H2,1-2H3,(H,33,34)/t29-/m0/s1. The Labute approximate surface area is 209 Å². The molecule has 1 atom stereocenters. The van der Waals surface area contributed by atoms with Crippen LogP contribution in [0.1, 0.15) is 29.5 Å². The SMILES string of the molecule is Cc1oc(-c2ccccc2)nc1CCOc1ccc(C[C@](C)(NCc2ccccc2F)C(=O)O)cc1. The van der Waals surface area contributed by atoms with Gasteiger partial charge in [0.15, 0.2) is 0 Å². The lowest BCUT2D eigenvalue weighted by Crippen LogP contribution is -2.51. The summed E-state index contributed by atoms with van der Waals surface area (Å²) in [5, 5.41) is 12.8. The minimum atomic E-state index is -1.26. The Morgan fingerprint density at radius 3 is 2.44 bits per heavy atom. The van der Waals surface area contributed by atoms with E-state index in [0.717, 1.165) is 22.6 Å². The third-order valence-corrected chi connectivity index (χ3v) is 6.10. The van der Waals surface area contributed by atoms with E-state index in [1.807, 2.05) is 61.5 Å². The van der Waals surface area contributed by atoms with Gasteiger partial charge < -0.3 is 14.3 Å². The van der Waals surface area contributed by atoms with Crippen molar-refractivity contribution in [1.82, 2.24) is 10.3 Å². The molecule has 0 amide bonds. The predicted octanol–water partition coefficient (Wildman–Crippen LogP) is 5.59. The average molecular weight is 489 g/mol. The Balaban J connectivity index is 1.32. The highest BCUT2D eigenvalue weighted by Crippen LogP contribution is 2.23. The monoisotopic (exact) mass is 488 g/mol. The molecule has 4 aromatic rings. The molecule has 0 aliphatic rings. The number of benzene rings is 3. The number of halogens is 1. The summed E-state index contributed by atoms with van der Waals surface area (Å²) in [7, 11) is 0. The fourth-order valence-electron chi connectivity index (χ4n) is 3.89. The van der Waals surface area contributed by atoms with Crippen molar-refractivity contribution in [3.05, 3.63) is 107 Å². The van der Waals surface area contributed by atoms with Crippen LogP contribution in [0.25, 0.3) is 11.5 Å². The molecule has 0 bridgehead atoms. The van der Waals surface area contributed by atoms with Crippen LogP contribution in [0.15, 0.2) is 83.3 Å². The molecule has 0 unspecified atom stereocenters. The molecule has 0 fully saturated rings. The van der Waals surface area contributed by atoms with Gasteiger partial charge in [-0.3, -0.25) is 10.1 Å². The van der Waals surface area contributed by atoms with Gasteiger partial charge >= 0.3 is 5.97 Å². The number of ether oxygens (including phenoxy) is 1. The summed E-state index contributed by atoms with van der Waals surface area (Å²) < 4.78 is 25.6. The molecule has 1 aromatic heterocycles. The molecular weight excluding hydrogens is 459 g/mol. The van der Waals surface area contributed by atoms with Gasteiger partial charge in [0.2, 0.25) is 5.89 Å². The molecule has 1 heterocycles. The summed E-state index contributed by atoms with van der Waals surface area (Å²) in [6.07, 6.45) is 0.832. The Bertz CT molecular complexity index is 1300. The molecule has 0 saturated carbocycles. The maximum atomic E-state index is 13.9. The van der Waals surface area contributed by atoms with Crippen LogP contribution in [0.4, 0.5) is 4.39 Å². The smallest absolute Gasteiger partial charge is 0.323 e. The molecule has 0 radical (unpaired) electrons. The van der Waals surface area contributed by atoms with Gasteiger partial charge in [-0.25, -0.2) is 9.37 Å². The molecule has 4 rings (SSSR count). The van der Waals surface area contributed by atoms with Crippen molar-refractivity contribution < 1.29 is 23.4 Å². The second-order valence-electron chi connectivity index (χ2n) is 8.89. The number of carboxylic acids is 1. The molecule has 0 saturated heterocycles. The van der Waals surface area contributed by atoms with Crippen LogP contribution in [-0.2, 0) is 24.2 Å². The second-order valence-corrected chi connectivity index (χ2v) is 8.89. The van der Waals surface area contributed by atoms with E-state index in [4.69, 9.17) is 9.15 Å². The number of hydrogen-bond donors (Lipinski definition) is 2. The van der Waals surface area contributed by atoms with Crippen LogP contribution in [0.2, 0.25) is 0 Å². The van der Waals surface area contributed by atoms with E-state index >= 15 is 0 Å². The number of rotatable bonds is 11. The number of carbonyl (C=O) groups is 1. The lowest BCUT2D eigenvalue weighted by molar-refractivity contribution is -0.144. The minimum Gasteiger partial charge on any atom is -0.493 e.